The van der Waals surface area contributed by atoms with Crippen molar-refractivity contribution >= 4 is 17.2 Å². The third-order valence-electron chi connectivity index (χ3n) is 5.15. The number of aryl methyl sites for hydroxylation is 1. The number of anilines is 1. The van der Waals surface area contributed by atoms with Gasteiger partial charge in [-0.3, -0.25) is 9.78 Å². The average Bonchev–Trinajstić information content (AvgIpc) is 3.24. The summed E-state index contributed by atoms with van der Waals surface area (Å²) in [5.41, 5.74) is 7.11. The molecule has 1 N–H and O–H groups in total. The van der Waals surface area contributed by atoms with Gasteiger partial charge in [-0.1, -0.05) is 54.6 Å². The van der Waals surface area contributed by atoms with E-state index in [0.717, 1.165) is 22.4 Å². The van der Waals surface area contributed by atoms with Crippen molar-refractivity contribution in [1.29, 1.82) is 0 Å². The number of nitrogens with zero attached hydrogens (tertiary/aromatic N) is 3. The Morgan fingerprint density at radius 3 is 2.35 bits per heavy atom. The first-order chi connectivity index (χ1) is 15.2. The smallest absolute Gasteiger partial charge is 0.257 e. The molecule has 0 aliphatic heterocycles. The Morgan fingerprint density at radius 1 is 0.871 bits per heavy atom. The molecule has 0 saturated carbocycles. The van der Waals surface area contributed by atoms with Crippen molar-refractivity contribution in [2.75, 3.05) is 5.32 Å². The summed E-state index contributed by atoms with van der Waals surface area (Å²) in [6.45, 7) is 1.99. The van der Waals surface area contributed by atoms with E-state index in [1.807, 2.05) is 48.0 Å². The maximum atomic E-state index is 12.6. The summed E-state index contributed by atoms with van der Waals surface area (Å²) in [6.07, 6.45) is 7.18. The quantitative estimate of drug-likeness (QED) is 0.423. The van der Waals surface area contributed by atoms with Crippen molar-refractivity contribution in [1.82, 2.24) is 14.4 Å². The van der Waals surface area contributed by atoms with E-state index in [9.17, 15) is 4.79 Å². The molecule has 0 unspecified atom stereocenters. The lowest BCUT2D eigenvalue weighted by atomic mass is 10.0. The van der Waals surface area contributed by atoms with Gasteiger partial charge in [0.25, 0.3) is 5.91 Å². The molecular formula is C26H20N4O. The van der Waals surface area contributed by atoms with Gasteiger partial charge in [0.15, 0.2) is 5.65 Å². The summed E-state index contributed by atoms with van der Waals surface area (Å²) in [5.74, 6) is -0.211. The van der Waals surface area contributed by atoms with Crippen LogP contribution in [0.3, 0.4) is 0 Å². The minimum Gasteiger partial charge on any atom is -0.319 e. The van der Waals surface area contributed by atoms with Crippen molar-refractivity contribution in [3.63, 3.8) is 0 Å². The van der Waals surface area contributed by atoms with E-state index < -0.39 is 0 Å². The van der Waals surface area contributed by atoms with Gasteiger partial charge in [-0.15, -0.1) is 0 Å². The third-order valence-corrected chi connectivity index (χ3v) is 5.15. The summed E-state index contributed by atoms with van der Waals surface area (Å²) >= 11 is 0. The molecule has 150 valence electrons. The van der Waals surface area contributed by atoms with Crippen LogP contribution in [0.25, 0.3) is 28.0 Å². The van der Waals surface area contributed by atoms with E-state index >= 15 is 0 Å². The predicted octanol–water partition coefficient (Wildman–Crippen LogP) is 5.62. The first-order valence-corrected chi connectivity index (χ1v) is 10.0. The number of imidazole rings is 1. The normalized spacial score (nSPS) is 10.9. The molecule has 5 heteroatoms. The molecule has 5 nitrogen and oxygen atoms in total. The number of aromatic nitrogens is 3. The zero-order valence-electron chi connectivity index (χ0n) is 17.0. The van der Waals surface area contributed by atoms with Gasteiger partial charge in [0, 0.05) is 30.4 Å². The molecule has 5 rings (SSSR count). The predicted molar refractivity (Wildman–Crippen MR) is 123 cm³/mol. The van der Waals surface area contributed by atoms with Crippen LogP contribution >= 0.6 is 0 Å². The van der Waals surface area contributed by atoms with Crippen LogP contribution in [0.5, 0.6) is 0 Å². The first-order valence-electron chi connectivity index (χ1n) is 10.0. The lowest BCUT2D eigenvalue weighted by molar-refractivity contribution is 0.102. The molecule has 31 heavy (non-hydrogen) atoms. The second-order valence-corrected chi connectivity index (χ2v) is 7.43. The second kappa shape index (κ2) is 7.88. The molecule has 0 atom stereocenters. The Balaban J connectivity index is 1.49. The van der Waals surface area contributed by atoms with Crippen LogP contribution < -0.4 is 5.32 Å². The SMILES string of the molecule is Cc1cc(NC(=O)c2cccnc2)c2nc(-c3ccc(-c4ccccc4)cc3)cn2c1. The van der Waals surface area contributed by atoms with Crippen LogP contribution in [0, 0.1) is 6.92 Å². The minimum absolute atomic E-state index is 0.211. The van der Waals surface area contributed by atoms with Gasteiger partial charge in [0.05, 0.1) is 16.9 Å². The number of carbonyl (C=O) groups excluding carboxylic acids is 1. The largest absolute Gasteiger partial charge is 0.319 e. The first kappa shape index (κ1) is 18.8. The number of carbonyl (C=O) groups is 1. The van der Waals surface area contributed by atoms with Gasteiger partial charge in [-0.25, -0.2) is 4.98 Å². The number of hydrogen-bond acceptors (Lipinski definition) is 3. The van der Waals surface area contributed by atoms with Gasteiger partial charge in [0.2, 0.25) is 0 Å². The second-order valence-electron chi connectivity index (χ2n) is 7.43. The maximum absolute atomic E-state index is 12.6. The van der Waals surface area contributed by atoms with Crippen molar-refractivity contribution in [3.8, 4) is 22.4 Å². The van der Waals surface area contributed by atoms with E-state index in [2.05, 4.69) is 46.7 Å². The Labute approximate surface area is 180 Å². The monoisotopic (exact) mass is 404 g/mol. The average molecular weight is 404 g/mol. The van der Waals surface area contributed by atoms with Crippen LogP contribution in [0.2, 0.25) is 0 Å². The lowest BCUT2D eigenvalue weighted by Gasteiger charge is -2.07. The van der Waals surface area contributed by atoms with Crippen LogP contribution in [0.4, 0.5) is 5.69 Å². The number of fused-ring (bicyclic) bond motifs is 1. The van der Waals surface area contributed by atoms with Crippen LogP contribution in [0.1, 0.15) is 15.9 Å². The molecule has 0 radical (unpaired) electrons. The van der Waals surface area contributed by atoms with Crippen molar-refractivity contribution < 1.29 is 4.79 Å². The maximum Gasteiger partial charge on any atom is 0.257 e. The fourth-order valence-corrected chi connectivity index (χ4v) is 3.63. The van der Waals surface area contributed by atoms with Crippen LogP contribution in [-0.4, -0.2) is 20.3 Å². The molecule has 0 spiro atoms. The Morgan fingerprint density at radius 2 is 1.61 bits per heavy atom. The molecule has 5 aromatic rings. The van der Waals surface area contributed by atoms with E-state index in [-0.39, 0.29) is 5.91 Å². The number of nitrogens with one attached hydrogen (secondary N) is 1. The molecule has 0 fully saturated rings. The standard InChI is InChI=1S/C26H20N4O/c1-18-14-23(29-26(31)22-8-5-13-27-15-22)25-28-24(17-30(25)16-18)21-11-9-20(10-12-21)19-6-3-2-4-7-19/h2-17H,1H3,(H,29,31). The van der Waals surface area contributed by atoms with Crippen molar-refractivity contribution in [2.45, 2.75) is 6.92 Å². The van der Waals surface area contributed by atoms with Gasteiger partial charge in [-0.05, 0) is 41.8 Å². The van der Waals surface area contributed by atoms with E-state index in [1.54, 1.807) is 24.5 Å². The number of hydrogen-bond donors (Lipinski definition) is 1. The highest BCUT2D eigenvalue weighted by molar-refractivity contribution is 6.06. The number of amides is 1. The zero-order valence-corrected chi connectivity index (χ0v) is 17.0. The summed E-state index contributed by atoms with van der Waals surface area (Å²) in [7, 11) is 0. The van der Waals surface area contributed by atoms with E-state index in [4.69, 9.17) is 4.98 Å². The highest BCUT2D eigenvalue weighted by Crippen LogP contribution is 2.27. The van der Waals surface area contributed by atoms with Crippen LogP contribution in [0.15, 0.2) is 97.6 Å². The molecule has 0 bridgehead atoms. The Hall–Kier alpha value is -4.25. The molecule has 0 saturated heterocycles. The van der Waals surface area contributed by atoms with E-state index in [0.29, 0.717) is 16.9 Å². The van der Waals surface area contributed by atoms with Gasteiger partial charge >= 0.3 is 0 Å². The summed E-state index contributed by atoms with van der Waals surface area (Å²) < 4.78 is 1.95. The molecule has 3 aromatic heterocycles. The van der Waals surface area contributed by atoms with E-state index in [1.165, 1.54) is 5.56 Å². The highest BCUT2D eigenvalue weighted by Gasteiger charge is 2.13. The molecular weight excluding hydrogens is 384 g/mol. The summed E-state index contributed by atoms with van der Waals surface area (Å²) in [4.78, 5) is 21.5. The number of rotatable bonds is 4. The summed E-state index contributed by atoms with van der Waals surface area (Å²) in [6, 6.07) is 24.0. The number of pyridine rings is 2. The van der Waals surface area contributed by atoms with Crippen molar-refractivity contribution in [2.24, 2.45) is 0 Å². The molecule has 2 aromatic carbocycles. The van der Waals surface area contributed by atoms with Crippen molar-refractivity contribution in [3.05, 3.63) is 109 Å². The topological polar surface area (TPSA) is 59.3 Å². The Bertz CT molecular complexity index is 1360. The van der Waals surface area contributed by atoms with Gasteiger partial charge < -0.3 is 9.72 Å². The molecule has 1 amide bonds. The third kappa shape index (κ3) is 3.81. The Kier molecular flexibility index (Phi) is 4.77. The fourth-order valence-electron chi connectivity index (χ4n) is 3.63. The lowest BCUT2D eigenvalue weighted by Crippen LogP contribution is -2.13. The van der Waals surface area contributed by atoms with Gasteiger partial charge in [0.1, 0.15) is 0 Å². The zero-order chi connectivity index (χ0) is 21.2. The minimum atomic E-state index is -0.211. The molecule has 0 aliphatic carbocycles. The van der Waals surface area contributed by atoms with Crippen LogP contribution in [-0.2, 0) is 0 Å². The number of benzene rings is 2. The fraction of sp³-hybridized carbons (Fsp3) is 0.0385. The highest BCUT2D eigenvalue weighted by atomic mass is 16.1. The molecule has 0 aliphatic rings. The molecule has 3 heterocycles. The van der Waals surface area contributed by atoms with Gasteiger partial charge in [-0.2, -0.15) is 0 Å². The summed E-state index contributed by atoms with van der Waals surface area (Å²) in [5, 5.41) is 2.98.